The Hall–Kier alpha value is -1.57. The topological polar surface area (TPSA) is 26.3 Å². The number of benzene rings is 1. The Balaban J connectivity index is 2.07. The molecule has 27 heavy (non-hydrogen) atoms. The summed E-state index contributed by atoms with van der Waals surface area (Å²) in [7, 11) is 0. The number of rotatable bonds is 8. The molecule has 1 fully saturated rings. The van der Waals surface area contributed by atoms with Crippen molar-refractivity contribution in [1.82, 2.24) is 0 Å². The van der Waals surface area contributed by atoms with Crippen molar-refractivity contribution in [2.24, 2.45) is 22.7 Å². The maximum Gasteiger partial charge on any atom is 0.331 e. The molecule has 2 heteroatoms. The molecular formula is C25H38O2. The second-order valence-electron chi connectivity index (χ2n) is 10.0. The molecule has 1 aromatic carbocycles. The van der Waals surface area contributed by atoms with Crippen LogP contribution < -0.4 is 0 Å². The summed E-state index contributed by atoms with van der Waals surface area (Å²) >= 11 is 0. The van der Waals surface area contributed by atoms with Crippen LogP contribution in [0.3, 0.4) is 0 Å². The number of hydrogen-bond donors (Lipinski definition) is 0. The molecule has 2 rings (SSSR count). The van der Waals surface area contributed by atoms with Crippen LogP contribution in [0.5, 0.6) is 0 Å². The highest BCUT2D eigenvalue weighted by molar-refractivity contribution is 5.82. The molecule has 2 atom stereocenters. The number of carbonyl (C=O) groups is 1. The number of carbonyl (C=O) groups excluding carboxylic acids is 1. The second kappa shape index (κ2) is 9.08. The molecular weight excluding hydrogens is 332 g/mol. The normalized spacial score (nSPS) is 18.1. The van der Waals surface area contributed by atoms with Crippen molar-refractivity contribution in [1.29, 1.82) is 0 Å². The van der Waals surface area contributed by atoms with E-state index in [2.05, 4.69) is 47.6 Å². The van der Waals surface area contributed by atoms with Crippen molar-refractivity contribution in [3.63, 3.8) is 0 Å². The fourth-order valence-electron chi connectivity index (χ4n) is 4.76. The Labute approximate surface area is 166 Å². The van der Waals surface area contributed by atoms with Gasteiger partial charge < -0.3 is 4.74 Å². The minimum absolute atomic E-state index is 0.170. The maximum absolute atomic E-state index is 12.5. The van der Waals surface area contributed by atoms with E-state index in [1.54, 1.807) is 6.08 Å². The van der Waals surface area contributed by atoms with Gasteiger partial charge in [-0.3, -0.25) is 0 Å². The van der Waals surface area contributed by atoms with Crippen molar-refractivity contribution >= 4 is 5.97 Å². The van der Waals surface area contributed by atoms with E-state index in [-0.39, 0.29) is 22.9 Å². The lowest BCUT2D eigenvalue weighted by Crippen LogP contribution is -2.35. The molecule has 1 aliphatic rings. The highest BCUT2D eigenvalue weighted by Gasteiger charge is 2.38. The van der Waals surface area contributed by atoms with E-state index >= 15 is 0 Å². The Morgan fingerprint density at radius 3 is 2.26 bits per heavy atom. The molecule has 2 unspecified atom stereocenters. The van der Waals surface area contributed by atoms with Gasteiger partial charge in [-0.25, -0.2) is 4.79 Å². The summed E-state index contributed by atoms with van der Waals surface area (Å²) in [6.07, 6.45) is 9.46. The molecule has 0 amide bonds. The summed E-state index contributed by atoms with van der Waals surface area (Å²) in [6, 6.07) is 10.0. The van der Waals surface area contributed by atoms with E-state index in [0.29, 0.717) is 11.8 Å². The van der Waals surface area contributed by atoms with Gasteiger partial charge in [0.2, 0.25) is 0 Å². The first-order chi connectivity index (χ1) is 12.6. The molecule has 150 valence electrons. The van der Waals surface area contributed by atoms with Gasteiger partial charge in [-0.2, -0.15) is 0 Å². The first-order valence-electron chi connectivity index (χ1n) is 10.6. The zero-order valence-corrected chi connectivity index (χ0v) is 18.1. The first kappa shape index (κ1) is 21.7. The molecule has 2 nitrogen and oxygen atoms in total. The van der Waals surface area contributed by atoms with Crippen LogP contribution in [-0.2, 0) is 9.53 Å². The predicted octanol–water partition coefficient (Wildman–Crippen LogP) is 7.12. The van der Waals surface area contributed by atoms with Crippen LogP contribution in [0.15, 0.2) is 42.5 Å². The lowest BCUT2D eigenvalue weighted by atomic mass is 9.60. The number of allylic oxidation sites excluding steroid dienone is 1. The summed E-state index contributed by atoms with van der Waals surface area (Å²) in [5, 5.41) is 0. The summed E-state index contributed by atoms with van der Waals surface area (Å²) in [5.74, 6) is 0.902. The van der Waals surface area contributed by atoms with Gasteiger partial charge in [0.05, 0.1) is 0 Å². The van der Waals surface area contributed by atoms with E-state index < -0.39 is 0 Å². The van der Waals surface area contributed by atoms with Gasteiger partial charge in [-0.1, -0.05) is 84.4 Å². The fraction of sp³-hybridized carbons (Fsp3) is 0.640. The van der Waals surface area contributed by atoms with E-state index in [1.807, 2.05) is 30.3 Å². The number of ether oxygens (including phenoxy) is 1. The zero-order valence-electron chi connectivity index (χ0n) is 18.1. The molecule has 1 aromatic rings. The van der Waals surface area contributed by atoms with Crippen molar-refractivity contribution in [3.8, 4) is 0 Å². The summed E-state index contributed by atoms with van der Waals surface area (Å²) in [4.78, 5) is 12.5. The third kappa shape index (κ3) is 6.52. The molecule has 0 radical (unpaired) electrons. The van der Waals surface area contributed by atoms with Gasteiger partial charge in [0.1, 0.15) is 6.10 Å². The lowest BCUT2D eigenvalue weighted by Gasteiger charge is -2.45. The van der Waals surface area contributed by atoms with Crippen LogP contribution in [0.25, 0.3) is 0 Å². The average Bonchev–Trinajstić information content (AvgIpc) is 2.53. The van der Waals surface area contributed by atoms with Gasteiger partial charge in [0.25, 0.3) is 0 Å². The SMILES string of the molecule is CCC(OC(=O)/C=C/C(C1CCC1)C(C)(C)CC(C)(C)C)c1ccccc1. The first-order valence-corrected chi connectivity index (χ1v) is 10.6. The van der Waals surface area contributed by atoms with Gasteiger partial charge in [0, 0.05) is 6.08 Å². The Morgan fingerprint density at radius 1 is 1.15 bits per heavy atom. The summed E-state index contributed by atoms with van der Waals surface area (Å²) in [6.45, 7) is 13.7. The monoisotopic (exact) mass is 370 g/mol. The molecule has 1 aliphatic carbocycles. The average molecular weight is 371 g/mol. The standard InChI is InChI=1S/C25H38O2/c1-7-22(20-12-9-8-10-13-20)27-23(26)17-16-21(19-14-11-15-19)25(5,6)18-24(2,3)4/h8-10,12-13,16-17,19,21-22H,7,11,14-15,18H2,1-6H3/b17-16+. The molecule has 0 spiro atoms. The summed E-state index contributed by atoms with van der Waals surface area (Å²) < 4.78 is 5.76. The Kier molecular flexibility index (Phi) is 7.31. The largest absolute Gasteiger partial charge is 0.454 e. The van der Waals surface area contributed by atoms with Gasteiger partial charge >= 0.3 is 5.97 Å². The minimum atomic E-state index is -0.221. The van der Waals surface area contributed by atoms with Crippen molar-refractivity contribution in [3.05, 3.63) is 48.0 Å². The van der Waals surface area contributed by atoms with Crippen LogP contribution in [0.4, 0.5) is 0 Å². The Morgan fingerprint density at radius 2 is 1.78 bits per heavy atom. The molecule has 0 N–H and O–H groups in total. The third-order valence-electron chi connectivity index (χ3n) is 5.79. The van der Waals surface area contributed by atoms with E-state index in [9.17, 15) is 4.79 Å². The van der Waals surface area contributed by atoms with Gasteiger partial charge in [0.15, 0.2) is 0 Å². The Bertz CT molecular complexity index is 617. The van der Waals surface area contributed by atoms with Crippen LogP contribution in [0.1, 0.15) is 85.3 Å². The van der Waals surface area contributed by atoms with Crippen LogP contribution in [0, 0.1) is 22.7 Å². The number of esters is 1. The van der Waals surface area contributed by atoms with Crippen molar-refractivity contribution < 1.29 is 9.53 Å². The quantitative estimate of drug-likeness (QED) is 0.360. The van der Waals surface area contributed by atoms with Crippen LogP contribution in [-0.4, -0.2) is 5.97 Å². The molecule has 0 aromatic heterocycles. The highest BCUT2D eigenvalue weighted by Crippen LogP contribution is 2.48. The second-order valence-corrected chi connectivity index (χ2v) is 10.0. The van der Waals surface area contributed by atoms with Crippen molar-refractivity contribution in [2.45, 2.75) is 79.8 Å². The highest BCUT2D eigenvalue weighted by atomic mass is 16.5. The van der Waals surface area contributed by atoms with Gasteiger partial charge in [-0.15, -0.1) is 0 Å². The van der Waals surface area contributed by atoms with E-state index in [1.165, 1.54) is 19.3 Å². The van der Waals surface area contributed by atoms with Crippen molar-refractivity contribution in [2.75, 3.05) is 0 Å². The molecule has 0 saturated heterocycles. The number of hydrogen-bond acceptors (Lipinski definition) is 2. The molecule has 0 bridgehead atoms. The molecule has 0 aliphatic heterocycles. The van der Waals surface area contributed by atoms with Crippen LogP contribution >= 0.6 is 0 Å². The molecule has 1 saturated carbocycles. The summed E-state index contributed by atoms with van der Waals surface area (Å²) in [5.41, 5.74) is 1.51. The lowest BCUT2D eigenvalue weighted by molar-refractivity contribution is -0.143. The van der Waals surface area contributed by atoms with E-state index in [4.69, 9.17) is 4.74 Å². The minimum Gasteiger partial charge on any atom is -0.454 e. The third-order valence-corrected chi connectivity index (χ3v) is 5.79. The van der Waals surface area contributed by atoms with Gasteiger partial charge in [-0.05, 0) is 53.9 Å². The molecule has 0 heterocycles. The van der Waals surface area contributed by atoms with E-state index in [0.717, 1.165) is 18.4 Å². The predicted molar refractivity (Wildman–Crippen MR) is 113 cm³/mol. The maximum atomic E-state index is 12.5. The smallest absolute Gasteiger partial charge is 0.331 e. The fourth-order valence-corrected chi connectivity index (χ4v) is 4.76. The zero-order chi connectivity index (χ0) is 20.1. The van der Waals surface area contributed by atoms with Crippen LogP contribution in [0.2, 0.25) is 0 Å².